The number of nitrogens with zero attached hydrogens (tertiary/aromatic N) is 2. The molecule has 0 radical (unpaired) electrons. The lowest BCUT2D eigenvalue weighted by Crippen LogP contribution is -2.07. The number of benzene rings is 1. The van der Waals surface area contributed by atoms with Crippen molar-refractivity contribution in [1.82, 2.24) is 9.78 Å². The maximum atomic E-state index is 6.35. The normalized spacial score (nSPS) is 10.7. The van der Waals surface area contributed by atoms with E-state index in [9.17, 15) is 0 Å². The first-order chi connectivity index (χ1) is 9.49. The molecule has 0 saturated carbocycles. The van der Waals surface area contributed by atoms with Crippen LogP contribution < -0.4 is 15.2 Å². The van der Waals surface area contributed by atoms with Crippen molar-refractivity contribution in [2.75, 3.05) is 20.0 Å². The number of anilines is 1. The van der Waals surface area contributed by atoms with Gasteiger partial charge in [0.05, 0.1) is 35.1 Å². The minimum atomic E-state index is 0.481. The van der Waals surface area contributed by atoms with Crippen LogP contribution >= 0.6 is 34.2 Å². The Bertz CT molecular complexity index is 643. The molecule has 0 aliphatic carbocycles. The first-order valence-corrected chi connectivity index (χ1v) is 7.33. The molecule has 0 unspecified atom stereocenters. The van der Waals surface area contributed by atoms with E-state index in [1.54, 1.807) is 18.9 Å². The molecule has 0 aliphatic heterocycles. The van der Waals surface area contributed by atoms with Crippen molar-refractivity contribution in [3.05, 3.63) is 32.0 Å². The highest BCUT2D eigenvalue weighted by atomic mass is 127. The third kappa shape index (κ3) is 2.67. The molecule has 5 nitrogen and oxygen atoms in total. The van der Waals surface area contributed by atoms with Crippen molar-refractivity contribution in [3.8, 4) is 11.5 Å². The predicted molar refractivity (Wildman–Crippen MR) is 87.8 cm³/mol. The molecule has 7 heteroatoms. The molecule has 2 rings (SSSR count). The summed E-state index contributed by atoms with van der Waals surface area (Å²) in [5.41, 5.74) is 7.79. The molecule has 0 aliphatic rings. The van der Waals surface area contributed by atoms with E-state index < -0.39 is 0 Å². The van der Waals surface area contributed by atoms with Crippen molar-refractivity contribution in [1.29, 1.82) is 0 Å². The van der Waals surface area contributed by atoms with Gasteiger partial charge < -0.3 is 15.2 Å². The second kappa shape index (κ2) is 6.09. The molecular formula is C13H15ClIN3O2. The zero-order chi connectivity index (χ0) is 14.9. The molecule has 0 atom stereocenters. The first kappa shape index (κ1) is 15.2. The topological polar surface area (TPSA) is 62.3 Å². The number of hydrogen-bond donors (Lipinski definition) is 1. The highest BCUT2D eigenvalue weighted by molar-refractivity contribution is 14.1. The van der Waals surface area contributed by atoms with Gasteiger partial charge in [-0.3, -0.25) is 0 Å². The first-order valence-electron chi connectivity index (χ1n) is 5.87. The highest BCUT2D eigenvalue weighted by Crippen LogP contribution is 2.37. The Hall–Kier alpha value is -1.15. The molecule has 0 spiro atoms. The molecule has 1 aromatic carbocycles. The van der Waals surface area contributed by atoms with Gasteiger partial charge in [0.1, 0.15) is 5.82 Å². The number of hydrogen-bond acceptors (Lipinski definition) is 4. The fourth-order valence-corrected chi connectivity index (χ4v) is 2.59. The van der Waals surface area contributed by atoms with Crippen LogP contribution in [0.4, 0.5) is 5.82 Å². The molecule has 2 aromatic rings. The largest absolute Gasteiger partial charge is 0.493 e. The monoisotopic (exact) mass is 407 g/mol. The average molecular weight is 408 g/mol. The van der Waals surface area contributed by atoms with Gasteiger partial charge >= 0.3 is 0 Å². The van der Waals surface area contributed by atoms with Gasteiger partial charge in [0.25, 0.3) is 0 Å². The number of aromatic nitrogens is 2. The van der Waals surface area contributed by atoms with Crippen molar-refractivity contribution in [2.24, 2.45) is 0 Å². The summed E-state index contributed by atoms with van der Waals surface area (Å²) in [6, 6.07) is 3.70. The second-order valence-corrected chi connectivity index (χ2v) is 5.67. The number of ether oxygens (including phenoxy) is 2. The lowest BCUT2D eigenvalue weighted by atomic mass is 10.2. The average Bonchev–Trinajstić information content (AvgIpc) is 2.68. The molecule has 0 fully saturated rings. The Morgan fingerprint density at radius 1 is 1.35 bits per heavy atom. The molecule has 0 amide bonds. The van der Waals surface area contributed by atoms with Crippen molar-refractivity contribution in [2.45, 2.75) is 13.5 Å². The van der Waals surface area contributed by atoms with Gasteiger partial charge in [-0.25, -0.2) is 4.68 Å². The Labute approximate surface area is 136 Å². The maximum absolute atomic E-state index is 6.35. The molecule has 1 aromatic heterocycles. The number of methoxy groups -OCH3 is 2. The molecule has 1 heterocycles. The minimum Gasteiger partial charge on any atom is -0.493 e. The van der Waals surface area contributed by atoms with E-state index in [4.69, 9.17) is 26.8 Å². The number of rotatable bonds is 4. The van der Waals surface area contributed by atoms with E-state index >= 15 is 0 Å². The van der Waals surface area contributed by atoms with Crippen molar-refractivity contribution < 1.29 is 9.47 Å². The van der Waals surface area contributed by atoms with Gasteiger partial charge in [-0.2, -0.15) is 5.10 Å². The lowest BCUT2D eigenvalue weighted by Gasteiger charge is -2.13. The Morgan fingerprint density at radius 3 is 2.55 bits per heavy atom. The number of aryl methyl sites for hydroxylation is 1. The molecule has 2 N–H and O–H groups in total. The maximum Gasteiger partial charge on any atom is 0.179 e. The zero-order valence-corrected chi connectivity index (χ0v) is 14.3. The lowest BCUT2D eigenvalue weighted by molar-refractivity contribution is 0.354. The van der Waals surface area contributed by atoms with E-state index in [2.05, 4.69) is 27.7 Å². The van der Waals surface area contributed by atoms with Gasteiger partial charge in [-0.15, -0.1) is 0 Å². The third-order valence-corrected chi connectivity index (χ3v) is 4.72. The van der Waals surface area contributed by atoms with Gasteiger partial charge in [-0.05, 0) is 41.1 Å². The molecular weight excluding hydrogens is 393 g/mol. The summed E-state index contributed by atoms with van der Waals surface area (Å²) in [5.74, 6) is 1.75. The fraction of sp³-hybridized carbons (Fsp3) is 0.308. The summed E-state index contributed by atoms with van der Waals surface area (Å²) in [4.78, 5) is 0. The number of halogens is 2. The Morgan fingerprint density at radius 2 is 2.05 bits per heavy atom. The Kier molecular flexibility index (Phi) is 4.64. The number of nitrogens with two attached hydrogens (primary N) is 1. The zero-order valence-electron chi connectivity index (χ0n) is 11.4. The van der Waals surface area contributed by atoms with Gasteiger partial charge in [0.15, 0.2) is 11.5 Å². The van der Waals surface area contributed by atoms with Crippen LogP contribution in [0.3, 0.4) is 0 Å². The van der Waals surface area contributed by atoms with E-state index in [1.165, 1.54) is 0 Å². The summed E-state index contributed by atoms with van der Waals surface area (Å²) in [6.45, 7) is 2.40. The number of nitrogen functional groups attached to an aromatic ring is 1. The van der Waals surface area contributed by atoms with Crippen LogP contribution in [0.5, 0.6) is 11.5 Å². The Balaban J connectivity index is 2.41. The minimum absolute atomic E-state index is 0.481. The van der Waals surface area contributed by atoms with E-state index in [1.807, 2.05) is 19.1 Å². The van der Waals surface area contributed by atoms with Crippen LogP contribution in [0.1, 0.15) is 11.3 Å². The second-order valence-electron chi connectivity index (χ2n) is 4.22. The SMILES string of the molecule is COc1ccc(Cn2nc(C)c(I)c2N)c(Cl)c1OC. The summed E-state index contributed by atoms with van der Waals surface area (Å²) in [6.07, 6.45) is 0. The summed E-state index contributed by atoms with van der Waals surface area (Å²) >= 11 is 8.53. The van der Waals surface area contributed by atoms with Crippen LogP contribution in [0.2, 0.25) is 5.02 Å². The summed E-state index contributed by atoms with van der Waals surface area (Å²) in [7, 11) is 3.13. The van der Waals surface area contributed by atoms with E-state index in [0.717, 1.165) is 14.8 Å². The molecule has 0 bridgehead atoms. The van der Waals surface area contributed by atoms with E-state index in [-0.39, 0.29) is 0 Å². The molecule has 108 valence electrons. The van der Waals surface area contributed by atoms with Crippen LogP contribution in [-0.2, 0) is 6.54 Å². The third-order valence-electron chi connectivity index (χ3n) is 2.98. The fourth-order valence-electron chi connectivity index (χ4n) is 1.91. The van der Waals surface area contributed by atoms with Crippen LogP contribution in [-0.4, -0.2) is 24.0 Å². The smallest absolute Gasteiger partial charge is 0.179 e. The molecule has 0 saturated heterocycles. The van der Waals surface area contributed by atoms with Crippen molar-refractivity contribution in [3.63, 3.8) is 0 Å². The summed E-state index contributed by atoms with van der Waals surface area (Å²) in [5, 5.41) is 4.91. The van der Waals surface area contributed by atoms with Gasteiger partial charge in [0.2, 0.25) is 0 Å². The quantitative estimate of drug-likeness (QED) is 0.791. The summed E-state index contributed by atoms with van der Waals surface area (Å²) < 4.78 is 13.2. The van der Waals surface area contributed by atoms with Crippen LogP contribution in [0, 0.1) is 10.5 Å². The molecule has 20 heavy (non-hydrogen) atoms. The van der Waals surface area contributed by atoms with Crippen LogP contribution in [0.15, 0.2) is 12.1 Å². The van der Waals surface area contributed by atoms with Gasteiger partial charge in [-0.1, -0.05) is 17.7 Å². The van der Waals surface area contributed by atoms with Crippen LogP contribution in [0.25, 0.3) is 0 Å². The van der Waals surface area contributed by atoms with Crippen molar-refractivity contribution >= 4 is 40.0 Å². The van der Waals surface area contributed by atoms with Gasteiger partial charge in [0, 0.05) is 0 Å². The highest BCUT2D eigenvalue weighted by Gasteiger charge is 2.16. The van der Waals surface area contributed by atoms with E-state index in [0.29, 0.717) is 28.9 Å². The predicted octanol–water partition coefficient (Wildman–Crippen LogP) is 3.10. The standard InChI is InChI=1S/C13H15ClIN3O2/c1-7-11(15)13(16)18(17-7)6-8-4-5-9(19-2)12(20-3)10(8)14/h4-5H,6,16H2,1-3H3.